The van der Waals surface area contributed by atoms with Gasteiger partial charge in [-0.05, 0) is 37.2 Å². The molecule has 0 fully saturated rings. The Labute approximate surface area is 104 Å². The van der Waals surface area contributed by atoms with Gasteiger partial charge in [-0.25, -0.2) is 19.9 Å². The summed E-state index contributed by atoms with van der Waals surface area (Å²) in [4.78, 5) is 17.0. The number of rotatable bonds is 3. The first-order chi connectivity index (χ1) is 8.17. The van der Waals surface area contributed by atoms with Crippen molar-refractivity contribution in [3.63, 3.8) is 0 Å². The lowest BCUT2D eigenvalue weighted by atomic mass is 10.3. The fourth-order valence-electron chi connectivity index (χ4n) is 1.27. The van der Waals surface area contributed by atoms with Crippen LogP contribution in [0.5, 0.6) is 0 Å². The fourth-order valence-corrected chi connectivity index (χ4v) is 2.00. The molecule has 2 N–H and O–H groups in total. The lowest BCUT2D eigenvalue weighted by molar-refractivity contribution is 0.846. The zero-order chi connectivity index (χ0) is 12.3. The van der Waals surface area contributed by atoms with E-state index in [1.165, 1.54) is 11.8 Å². The van der Waals surface area contributed by atoms with Gasteiger partial charge >= 0.3 is 0 Å². The molecular formula is C11H13N5S. The molecule has 0 saturated carbocycles. The van der Waals surface area contributed by atoms with Gasteiger partial charge in [0.05, 0.1) is 5.69 Å². The van der Waals surface area contributed by atoms with Crippen molar-refractivity contribution < 1.29 is 0 Å². The maximum absolute atomic E-state index is 5.57. The van der Waals surface area contributed by atoms with Crippen LogP contribution in [0.15, 0.2) is 28.8 Å². The molecule has 0 aliphatic heterocycles. The molecule has 88 valence electrons. The van der Waals surface area contributed by atoms with E-state index in [-0.39, 0.29) is 0 Å². The lowest BCUT2D eigenvalue weighted by Crippen LogP contribution is -2.03. The largest absolute Gasteiger partial charge is 0.325 e. The zero-order valence-corrected chi connectivity index (χ0v) is 10.5. The van der Waals surface area contributed by atoms with Crippen LogP contribution < -0.4 is 5.73 Å². The Morgan fingerprint density at radius 3 is 2.47 bits per heavy atom. The molecule has 2 aromatic rings. The minimum absolute atomic E-state index is 0.408. The van der Waals surface area contributed by atoms with Gasteiger partial charge in [-0.1, -0.05) is 0 Å². The van der Waals surface area contributed by atoms with Gasteiger partial charge in [0, 0.05) is 24.6 Å². The number of nitrogens with zero attached hydrogens (tertiary/aromatic N) is 4. The summed E-state index contributed by atoms with van der Waals surface area (Å²) in [6.07, 6.45) is 3.55. The van der Waals surface area contributed by atoms with Crippen molar-refractivity contribution in [1.29, 1.82) is 0 Å². The standard InChI is InChI=1S/C11H13N5S/c1-7-5-13-10(14-6-7)17-11-15-8(2)3-9(4-12)16-11/h3,5-6H,4,12H2,1-2H3. The first-order valence-corrected chi connectivity index (χ1v) is 6.00. The third-order valence-corrected chi connectivity index (χ3v) is 2.79. The second-order valence-electron chi connectivity index (χ2n) is 3.63. The molecule has 6 heteroatoms. The molecule has 0 aromatic carbocycles. The molecule has 2 heterocycles. The van der Waals surface area contributed by atoms with E-state index in [9.17, 15) is 0 Å². The van der Waals surface area contributed by atoms with Crippen LogP contribution in [0, 0.1) is 13.8 Å². The zero-order valence-electron chi connectivity index (χ0n) is 9.71. The van der Waals surface area contributed by atoms with Crippen LogP contribution in [-0.4, -0.2) is 19.9 Å². The first kappa shape index (κ1) is 11.9. The van der Waals surface area contributed by atoms with Gasteiger partial charge in [0.1, 0.15) is 0 Å². The Balaban J connectivity index is 2.23. The van der Waals surface area contributed by atoms with Gasteiger partial charge in [-0.15, -0.1) is 0 Å². The van der Waals surface area contributed by atoms with Gasteiger partial charge < -0.3 is 5.73 Å². The van der Waals surface area contributed by atoms with Gasteiger partial charge in [0.25, 0.3) is 0 Å². The molecule has 0 unspecified atom stereocenters. The average molecular weight is 247 g/mol. The molecule has 17 heavy (non-hydrogen) atoms. The van der Waals surface area contributed by atoms with Crippen molar-refractivity contribution in [2.75, 3.05) is 0 Å². The quantitative estimate of drug-likeness (QED) is 0.828. The Morgan fingerprint density at radius 1 is 1.12 bits per heavy atom. The summed E-state index contributed by atoms with van der Waals surface area (Å²) < 4.78 is 0. The second kappa shape index (κ2) is 5.20. The van der Waals surface area contributed by atoms with E-state index in [4.69, 9.17) is 5.73 Å². The minimum Gasteiger partial charge on any atom is -0.325 e. The molecule has 2 aromatic heterocycles. The smallest absolute Gasteiger partial charge is 0.195 e. The van der Waals surface area contributed by atoms with Crippen LogP contribution in [0.2, 0.25) is 0 Å². The molecule has 5 nitrogen and oxygen atoms in total. The van der Waals surface area contributed by atoms with Gasteiger partial charge in [-0.2, -0.15) is 0 Å². The molecular weight excluding hydrogens is 234 g/mol. The molecule has 2 rings (SSSR count). The molecule has 0 aliphatic carbocycles. The Kier molecular flexibility index (Phi) is 3.65. The van der Waals surface area contributed by atoms with E-state index in [1.807, 2.05) is 19.9 Å². The highest BCUT2D eigenvalue weighted by molar-refractivity contribution is 7.99. The molecule has 0 aliphatic rings. The highest BCUT2D eigenvalue weighted by atomic mass is 32.2. The van der Waals surface area contributed by atoms with Gasteiger partial charge in [0.2, 0.25) is 0 Å². The third kappa shape index (κ3) is 3.21. The molecule has 0 saturated heterocycles. The van der Waals surface area contributed by atoms with Crippen molar-refractivity contribution in [3.05, 3.63) is 35.4 Å². The van der Waals surface area contributed by atoms with Crippen molar-refractivity contribution in [2.45, 2.75) is 30.7 Å². The summed E-state index contributed by atoms with van der Waals surface area (Å²) in [7, 11) is 0. The lowest BCUT2D eigenvalue weighted by Gasteiger charge is -2.03. The maximum Gasteiger partial charge on any atom is 0.195 e. The summed E-state index contributed by atoms with van der Waals surface area (Å²) in [5.41, 5.74) is 8.32. The van der Waals surface area contributed by atoms with Crippen LogP contribution in [0.25, 0.3) is 0 Å². The van der Waals surface area contributed by atoms with Crippen molar-refractivity contribution >= 4 is 11.8 Å². The van der Waals surface area contributed by atoms with Crippen LogP contribution in [0.1, 0.15) is 17.0 Å². The summed E-state index contributed by atoms with van der Waals surface area (Å²) in [5.74, 6) is 0. The molecule has 0 bridgehead atoms. The predicted octanol–water partition coefficient (Wildman–Crippen LogP) is 1.49. The molecule has 0 radical (unpaired) electrons. The van der Waals surface area contributed by atoms with E-state index in [0.717, 1.165) is 17.0 Å². The van der Waals surface area contributed by atoms with Crippen molar-refractivity contribution in [2.24, 2.45) is 5.73 Å². The summed E-state index contributed by atoms with van der Waals surface area (Å²) >= 11 is 1.34. The Bertz CT molecular complexity index is 512. The van der Waals surface area contributed by atoms with E-state index in [0.29, 0.717) is 16.9 Å². The number of hydrogen-bond acceptors (Lipinski definition) is 6. The normalized spacial score (nSPS) is 10.5. The maximum atomic E-state index is 5.57. The third-order valence-electron chi connectivity index (χ3n) is 2.04. The highest BCUT2D eigenvalue weighted by Crippen LogP contribution is 2.20. The fraction of sp³-hybridized carbons (Fsp3) is 0.273. The highest BCUT2D eigenvalue weighted by Gasteiger charge is 2.05. The van der Waals surface area contributed by atoms with Gasteiger partial charge in [0.15, 0.2) is 10.3 Å². The number of aryl methyl sites for hydroxylation is 2. The number of aromatic nitrogens is 4. The first-order valence-electron chi connectivity index (χ1n) is 5.18. The van der Waals surface area contributed by atoms with Gasteiger partial charge in [-0.3, -0.25) is 0 Å². The van der Waals surface area contributed by atoms with E-state index >= 15 is 0 Å². The topological polar surface area (TPSA) is 77.6 Å². The predicted molar refractivity (Wildman–Crippen MR) is 65.6 cm³/mol. The van der Waals surface area contributed by atoms with Crippen molar-refractivity contribution in [1.82, 2.24) is 19.9 Å². The summed E-state index contributed by atoms with van der Waals surface area (Å²) in [5, 5.41) is 1.28. The van der Waals surface area contributed by atoms with Crippen LogP contribution in [0.3, 0.4) is 0 Å². The van der Waals surface area contributed by atoms with E-state index < -0.39 is 0 Å². The second-order valence-corrected chi connectivity index (χ2v) is 4.57. The Morgan fingerprint density at radius 2 is 1.82 bits per heavy atom. The monoisotopic (exact) mass is 247 g/mol. The van der Waals surface area contributed by atoms with Crippen molar-refractivity contribution in [3.8, 4) is 0 Å². The SMILES string of the molecule is Cc1cnc(Sc2nc(C)cc(CN)n2)nc1. The van der Waals surface area contributed by atoms with Crippen LogP contribution in [-0.2, 0) is 6.54 Å². The van der Waals surface area contributed by atoms with E-state index in [1.54, 1.807) is 12.4 Å². The minimum atomic E-state index is 0.408. The van der Waals surface area contributed by atoms with Crippen LogP contribution in [0.4, 0.5) is 0 Å². The molecule has 0 atom stereocenters. The number of nitrogens with two attached hydrogens (primary N) is 1. The Hall–Kier alpha value is -1.53. The molecule has 0 amide bonds. The average Bonchev–Trinajstić information content (AvgIpc) is 2.31. The summed E-state index contributed by atoms with van der Waals surface area (Å²) in [6, 6.07) is 1.88. The van der Waals surface area contributed by atoms with Crippen LogP contribution >= 0.6 is 11.8 Å². The van der Waals surface area contributed by atoms with E-state index in [2.05, 4.69) is 19.9 Å². The molecule has 0 spiro atoms. The summed E-state index contributed by atoms with van der Waals surface area (Å²) in [6.45, 7) is 4.27. The number of hydrogen-bond donors (Lipinski definition) is 1.